The van der Waals surface area contributed by atoms with Gasteiger partial charge in [-0.2, -0.15) is 0 Å². The van der Waals surface area contributed by atoms with Crippen molar-refractivity contribution in [2.24, 2.45) is 0 Å². The van der Waals surface area contributed by atoms with Crippen LogP contribution < -0.4 is 10.5 Å². The smallest absolute Gasteiger partial charge is 0.185 e. The average Bonchev–Trinajstić information content (AvgIpc) is 2.74. The minimum absolute atomic E-state index is 0.0688. The Bertz CT molecular complexity index is 695. The van der Waals surface area contributed by atoms with Crippen LogP contribution in [-0.4, -0.2) is 15.5 Å². The molecule has 1 aromatic carbocycles. The lowest BCUT2D eigenvalue weighted by Crippen LogP contribution is -2.07. The van der Waals surface area contributed by atoms with Crippen molar-refractivity contribution in [3.8, 4) is 5.75 Å². The van der Waals surface area contributed by atoms with Gasteiger partial charge in [0, 0.05) is 20.8 Å². The predicted octanol–water partition coefficient (Wildman–Crippen LogP) is 3.08. The zero-order valence-electron chi connectivity index (χ0n) is 10.1. The Morgan fingerprint density at radius 1 is 1.37 bits per heavy atom. The van der Waals surface area contributed by atoms with Crippen molar-refractivity contribution in [2.75, 3.05) is 12.8 Å². The molecule has 4 nitrogen and oxygen atoms in total. The Kier molecular flexibility index (Phi) is 4.17. The van der Waals surface area contributed by atoms with Crippen LogP contribution in [-0.2, 0) is 15.6 Å². The molecule has 2 aromatic rings. The highest BCUT2D eigenvalue weighted by molar-refractivity contribution is 9.10. The Morgan fingerprint density at radius 2 is 2.11 bits per heavy atom. The van der Waals surface area contributed by atoms with Gasteiger partial charge in [0.2, 0.25) is 0 Å². The van der Waals surface area contributed by atoms with Crippen molar-refractivity contribution in [3.63, 3.8) is 0 Å². The summed E-state index contributed by atoms with van der Waals surface area (Å²) >= 11 is 4.69. The van der Waals surface area contributed by atoms with Crippen LogP contribution in [0.4, 0.5) is 5.69 Å². The number of benzene rings is 1. The third kappa shape index (κ3) is 3.29. The second-order valence-corrected chi connectivity index (χ2v) is 7.76. The van der Waals surface area contributed by atoms with E-state index in [0.717, 1.165) is 9.35 Å². The third-order valence-corrected chi connectivity index (χ3v) is 6.10. The first kappa shape index (κ1) is 14.4. The van der Waals surface area contributed by atoms with E-state index < -0.39 is 9.84 Å². The number of sulfone groups is 1. The highest BCUT2D eigenvalue weighted by Crippen LogP contribution is 2.29. The second-order valence-electron chi connectivity index (χ2n) is 3.89. The molecule has 0 amide bonds. The molecule has 2 rings (SSSR count). The molecular formula is C12H12BrNO3S2. The molecule has 0 saturated heterocycles. The third-order valence-electron chi connectivity index (χ3n) is 2.51. The maximum absolute atomic E-state index is 12.4. The molecule has 0 aliphatic heterocycles. The molecule has 0 fully saturated rings. The normalized spacial score (nSPS) is 11.5. The van der Waals surface area contributed by atoms with E-state index in [9.17, 15) is 8.42 Å². The van der Waals surface area contributed by atoms with Crippen LogP contribution in [0.3, 0.4) is 0 Å². The molecule has 0 aliphatic carbocycles. The highest BCUT2D eigenvalue weighted by atomic mass is 79.9. The summed E-state index contributed by atoms with van der Waals surface area (Å²) in [5, 5.41) is 1.85. The van der Waals surface area contributed by atoms with E-state index in [2.05, 4.69) is 15.9 Å². The van der Waals surface area contributed by atoms with Gasteiger partial charge in [-0.1, -0.05) is 0 Å². The molecule has 0 unspecified atom stereocenters. The molecule has 102 valence electrons. The van der Waals surface area contributed by atoms with Crippen molar-refractivity contribution < 1.29 is 13.2 Å². The lowest BCUT2D eigenvalue weighted by atomic mass is 10.3. The zero-order valence-corrected chi connectivity index (χ0v) is 13.3. The van der Waals surface area contributed by atoms with Crippen LogP contribution in [0, 0.1) is 0 Å². The fraction of sp³-hybridized carbons (Fsp3) is 0.167. The lowest BCUT2D eigenvalue weighted by molar-refractivity contribution is 0.413. The summed E-state index contributed by atoms with van der Waals surface area (Å²) in [6.45, 7) is 0. The number of thiophene rings is 1. The zero-order chi connectivity index (χ0) is 14.0. The molecule has 1 heterocycles. The minimum atomic E-state index is -3.48. The monoisotopic (exact) mass is 361 g/mol. The molecule has 1 aromatic heterocycles. The summed E-state index contributed by atoms with van der Waals surface area (Å²) in [5.41, 5.74) is 5.98. The fourth-order valence-corrected chi connectivity index (χ4v) is 4.91. The molecule has 0 spiro atoms. The average molecular weight is 362 g/mol. The van der Waals surface area contributed by atoms with Gasteiger partial charge in [0.1, 0.15) is 5.75 Å². The maximum atomic E-state index is 12.4. The standard InChI is InChI=1S/C12H12BrNO3S2/c1-17-9-2-3-11(14)12(5-9)19(15,16)7-10-4-8(13)6-18-10/h2-6H,7,14H2,1H3. The summed E-state index contributed by atoms with van der Waals surface area (Å²) in [4.78, 5) is 0.866. The minimum Gasteiger partial charge on any atom is -0.497 e. The van der Waals surface area contributed by atoms with Gasteiger partial charge in [0.25, 0.3) is 0 Å². The van der Waals surface area contributed by atoms with E-state index in [1.54, 1.807) is 12.1 Å². The van der Waals surface area contributed by atoms with Crippen LogP contribution in [0.2, 0.25) is 0 Å². The van der Waals surface area contributed by atoms with Gasteiger partial charge in [-0.05, 0) is 34.1 Å². The van der Waals surface area contributed by atoms with Gasteiger partial charge in [-0.3, -0.25) is 0 Å². The summed E-state index contributed by atoms with van der Waals surface area (Å²) in [5.74, 6) is 0.404. The maximum Gasteiger partial charge on any atom is 0.185 e. The largest absolute Gasteiger partial charge is 0.497 e. The molecule has 19 heavy (non-hydrogen) atoms. The first-order chi connectivity index (χ1) is 8.92. The van der Waals surface area contributed by atoms with Crippen LogP contribution in [0.25, 0.3) is 0 Å². The van der Waals surface area contributed by atoms with Crippen molar-refractivity contribution in [1.29, 1.82) is 0 Å². The number of nitrogens with two attached hydrogens (primary N) is 1. The number of methoxy groups -OCH3 is 1. The molecule has 0 bridgehead atoms. The molecule has 0 saturated carbocycles. The number of hydrogen-bond acceptors (Lipinski definition) is 5. The van der Waals surface area contributed by atoms with Crippen molar-refractivity contribution in [1.82, 2.24) is 0 Å². The lowest BCUT2D eigenvalue weighted by Gasteiger charge is -2.08. The van der Waals surface area contributed by atoms with Crippen LogP contribution in [0.15, 0.2) is 39.0 Å². The van der Waals surface area contributed by atoms with Crippen molar-refractivity contribution in [2.45, 2.75) is 10.6 Å². The predicted molar refractivity (Wildman–Crippen MR) is 80.3 cm³/mol. The number of hydrogen-bond donors (Lipinski definition) is 1. The molecule has 0 atom stereocenters. The summed E-state index contributed by atoms with van der Waals surface area (Å²) in [7, 11) is -1.99. The van der Waals surface area contributed by atoms with Gasteiger partial charge in [-0.25, -0.2) is 8.42 Å². The number of nitrogen functional groups attached to an aromatic ring is 1. The Balaban J connectivity index is 2.39. The Hall–Kier alpha value is -1.05. The number of ether oxygens (including phenoxy) is 1. The quantitative estimate of drug-likeness (QED) is 0.849. The van der Waals surface area contributed by atoms with Crippen molar-refractivity contribution >= 4 is 42.8 Å². The Labute approximate surface area is 124 Å². The van der Waals surface area contributed by atoms with Gasteiger partial charge < -0.3 is 10.5 Å². The van der Waals surface area contributed by atoms with Crippen LogP contribution in [0.1, 0.15) is 4.88 Å². The van der Waals surface area contributed by atoms with Gasteiger partial charge >= 0.3 is 0 Å². The van der Waals surface area contributed by atoms with E-state index in [1.165, 1.54) is 30.6 Å². The van der Waals surface area contributed by atoms with Crippen LogP contribution in [0.5, 0.6) is 5.75 Å². The molecule has 7 heteroatoms. The summed E-state index contributed by atoms with van der Waals surface area (Å²) in [6.07, 6.45) is 0. The summed E-state index contributed by atoms with van der Waals surface area (Å²) in [6, 6.07) is 6.41. The molecular weight excluding hydrogens is 350 g/mol. The SMILES string of the molecule is COc1ccc(N)c(S(=O)(=O)Cc2cc(Br)cs2)c1. The van der Waals surface area contributed by atoms with Gasteiger partial charge in [0.15, 0.2) is 9.84 Å². The van der Waals surface area contributed by atoms with E-state index in [-0.39, 0.29) is 16.3 Å². The van der Waals surface area contributed by atoms with Crippen LogP contribution >= 0.6 is 27.3 Å². The fourth-order valence-electron chi connectivity index (χ4n) is 1.61. The topological polar surface area (TPSA) is 69.4 Å². The summed E-state index contributed by atoms with van der Waals surface area (Å²) < 4.78 is 30.6. The molecule has 0 radical (unpaired) electrons. The van der Waals surface area contributed by atoms with Gasteiger partial charge in [0.05, 0.1) is 23.4 Å². The highest BCUT2D eigenvalue weighted by Gasteiger charge is 2.20. The number of halogens is 1. The van der Waals surface area contributed by atoms with E-state index >= 15 is 0 Å². The Morgan fingerprint density at radius 3 is 2.68 bits per heavy atom. The second kappa shape index (κ2) is 5.52. The van der Waals surface area contributed by atoms with E-state index in [4.69, 9.17) is 10.5 Å². The van der Waals surface area contributed by atoms with E-state index in [0.29, 0.717) is 5.75 Å². The van der Waals surface area contributed by atoms with Crippen molar-refractivity contribution in [3.05, 3.63) is 39.0 Å². The number of anilines is 1. The van der Waals surface area contributed by atoms with Gasteiger partial charge in [-0.15, -0.1) is 11.3 Å². The number of rotatable bonds is 4. The first-order valence-corrected chi connectivity index (χ1v) is 8.64. The first-order valence-electron chi connectivity index (χ1n) is 5.31. The molecule has 0 aliphatic rings. The molecule has 2 N–H and O–H groups in total. The van der Waals surface area contributed by atoms with E-state index in [1.807, 2.05) is 5.38 Å².